The highest BCUT2D eigenvalue weighted by atomic mass is 16.2. The van der Waals surface area contributed by atoms with Gasteiger partial charge in [0.15, 0.2) is 11.5 Å². The van der Waals surface area contributed by atoms with E-state index in [1.165, 1.54) is 4.68 Å². The van der Waals surface area contributed by atoms with Gasteiger partial charge in [-0.25, -0.2) is 0 Å². The summed E-state index contributed by atoms with van der Waals surface area (Å²) in [6.45, 7) is 5.93. The van der Waals surface area contributed by atoms with E-state index in [1.807, 2.05) is 63.2 Å². The van der Waals surface area contributed by atoms with Gasteiger partial charge in [0, 0.05) is 5.69 Å². The van der Waals surface area contributed by atoms with Crippen LogP contribution in [0.4, 0.5) is 11.5 Å². The third kappa shape index (κ3) is 2.86. The van der Waals surface area contributed by atoms with E-state index in [0.29, 0.717) is 0 Å². The Morgan fingerprint density at radius 3 is 2.62 bits per heavy atom. The summed E-state index contributed by atoms with van der Waals surface area (Å²) >= 11 is 0. The molecule has 3 rings (SSSR count). The molecule has 122 valence electrons. The molecule has 0 aliphatic carbocycles. The first kappa shape index (κ1) is 15.7. The minimum absolute atomic E-state index is 0.109. The van der Waals surface area contributed by atoms with E-state index < -0.39 is 0 Å². The molecule has 1 aromatic heterocycles. The summed E-state index contributed by atoms with van der Waals surface area (Å²) < 4.78 is 1.46. The topological polar surface area (TPSA) is 85.8 Å². The number of benzene rings is 2. The lowest BCUT2D eigenvalue weighted by atomic mass is 10.1. The molecule has 0 atom stereocenters. The van der Waals surface area contributed by atoms with E-state index in [-0.39, 0.29) is 17.4 Å². The third-order valence-electron chi connectivity index (χ3n) is 4.02. The highest BCUT2D eigenvalue weighted by molar-refractivity contribution is 6.06. The van der Waals surface area contributed by atoms with Crippen molar-refractivity contribution in [2.45, 2.75) is 20.8 Å². The minimum atomic E-state index is -0.375. The number of hydrogen-bond acceptors (Lipinski definition) is 4. The Morgan fingerprint density at radius 1 is 1.12 bits per heavy atom. The van der Waals surface area contributed by atoms with Gasteiger partial charge in [0.2, 0.25) is 0 Å². The first-order valence-corrected chi connectivity index (χ1v) is 7.63. The fourth-order valence-corrected chi connectivity index (χ4v) is 2.47. The predicted molar refractivity (Wildman–Crippen MR) is 94.4 cm³/mol. The molecule has 0 spiro atoms. The molecule has 0 saturated heterocycles. The standard InChI is InChI=1S/C18H19N5O/c1-11-6-4-8-14(10-11)23-17(19)16(21-22-23)18(24)20-15-9-5-7-12(2)13(15)3/h4-10H,19H2,1-3H3,(H,20,24). The lowest BCUT2D eigenvalue weighted by molar-refractivity contribution is 0.102. The number of carbonyl (C=O) groups is 1. The molecule has 3 N–H and O–H groups in total. The van der Waals surface area contributed by atoms with Gasteiger partial charge < -0.3 is 11.1 Å². The summed E-state index contributed by atoms with van der Waals surface area (Å²) in [5.74, 6) is -0.163. The lowest BCUT2D eigenvalue weighted by Gasteiger charge is -2.09. The van der Waals surface area contributed by atoms with Crippen molar-refractivity contribution in [2.75, 3.05) is 11.1 Å². The number of rotatable bonds is 3. The van der Waals surface area contributed by atoms with Crippen molar-refractivity contribution in [3.05, 3.63) is 64.8 Å². The molecule has 0 saturated carbocycles. The van der Waals surface area contributed by atoms with Gasteiger partial charge in [0.05, 0.1) is 5.69 Å². The molecule has 3 aromatic rings. The zero-order valence-electron chi connectivity index (χ0n) is 13.9. The average Bonchev–Trinajstić information content (AvgIpc) is 2.93. The number of anilines is 2. The molecule has 0 aliphatic rings. The van der Waals surface area contributed by atoms with Crippen LogP contribution in [0, 0.1) is 20.8 Å². The summed E-state index contributed by atoms with van der Waals surface area (Å²) in [5.41, 5.74) is 10.9. The first-order chi connectivity index (χ1) is 11.5. The zero-order chi connectivity index (χ0) is 17.3. The number of nitrogen functional groups attached to an aromatic ring is 1. The van der Waals surface area contributed by atoms with E-state index in [0.717, 1.165) is 28.1 Å². The molecule has 1 amide bonds. The monoisotopic (exact) mass is 321 g/mol. The van der Waals surface area contributed by atoms with Crippen LogP contribution in [0.5, 0.6) is 0 Å². The van der Waals surface area contributed by atoms with Gasteiger partial charge >= 0.3 is 0 Å². The Balaban J connectivity index is 1.90. The molecule has 6 nitrogen and oxygen atoms in total. The van der Waals surface area contributed by atoms with E-state index >= 15 is 0 Å². The SMILES string of the molecule is Cc1cccc(-n2nnc(C(=O)Nc3cccc(C)c3C)c2N)c1. The fourth-order valence-electron chi connectivity index (χ4n) is 2.47. The van der Waals surface area contributed by atoms with Crippen molar-refractivity contribution < 1.29 is 4.79 Å². The summed E-state index contributed by atoms with van der Waals surface area (Å²) in [5, 5.41) is 10.8. The van der Waals surface area contributed by atoms with Gasteiger partial charge in [-0.2, -0.15) is 4.68 Å². The average molecular weight is 321 g/mol. The second kappa shape index (κ2) is 6.16. The number of aromatic nitrogens is 3. The number of nitrogens with one attached hydrogen (secondary N) is 1. The van der Waals surface area contributed by atoms with Crippen LogP contribution in [-0.4, -0.2) is 20.9 Å². The van der Waals surface area contributed by atoms with Crippen molar-refractivity contribution in [3.63, 3.8) is 0 Å². The highest BCUT2D eigenvalue weighted by Gasteiger charge is 2.19. The lowest BCUT2D eigenvalue weighted by Crippen LogP contribution is -2.16. The van der Waals surface area contributed by atoms with Gasteiger partial charge in [0.1, 0.15) is 0 Å². The van der Waals surface area contributed by atoms with Crippen LogP contribution in [0.15, 0.2) is 42.5 Å². The summed E-state index contributed by atoms with van der Waals surface area (Å²) in [7, 11) is 0. The molecule has 0 fully saturated rings. The van der Waals surface area contributed by atoms with Gasteiger partial charge in [-0.3, -0.25) is 4.79 Å². The van der Waals surface area contributed by atoms with E-state index in [9.17, 15) is 4.79 Å². The van der Waals surface area contributed by atoms with Gasteiger partial charge in [-0.15, -0.1) is 5.10 Å². The van der Waals surface area contributed by atoms with Crippen molar-refractivity contribution >= 4 is 17.4 Å². The van der Waals surface area contributed by atoms with Gasteiger partial charge in [-0.05, 0) is 55.7 Å². The Hall–Kier alpha value is -3.15. The second-order valence-corrected chi connectivity index (χ2v) is 5.78. The molecular formula is C18H19N5O. The van der Waals surface area contributed by atoms with Crippen LogP contribution in [0.2, 0.25) is 0 Å². The summed E-state index contributed by atoms with van der Waals surface area (Å²) in [6, 6.07) is 13.4. The quantitative estimate of drug-likeness (QED) is 0.776. The molecule has 0 unspecified atom stereocenters. The molecule has 1 heterocycles. The van der Waals surface area contributed by atoms with Crippen LogP contribution in [0.1, 0.15) is 27.2 Å². The first-order valence-electron chi connectivity index (χ1n) is 7.63. The smallest absolute Gasteiger partial charge is 0.280 e. The Bertz CT molecular complexity index is 914. The Morgan fingerprint density at radius 2 is 1.88 bits per heavy atom. The number of nitrogens with two attached hydrogens (primary N) is 1. The van der Waals surface area contributed by atoms with Gasteiger partial charge in [-0.1, -0.05) is 29.5 Å². The van der Waals surface area contributed by atoms with Crippen LogP contribution in [0.3, 0.4) is 0 Å². The van der Waals surface area contributed by atoms with Crippen LogP contribution < -0.4 is 11.1 Å². The minimum Gasteiger partial charge on any atom is -0.382 e. The van der Waals surface area contributed by atoms with Gasteiger partial charge in [0.25, 0.3) is 5.91 Å². The maximum atomic E-state index is 12.5. The van der Waals surface area contributed by atoms with Crippen molar-refractivity contribution in [2.24, 2.45) is 0 Å². The molecular weight excluding hydrogens is 302 g/mol. The van der Waals surface area contributed by atoms with Crippen LogP contribution in [0.25, 0.3) is 5.69 Å². The number of nitrogens with zero attached hydrogens (tertiary/aromatic N) is 3. The Labute approximate surface area is 140 Å². The maximum absolute atomic E-state index is 12.5. The second-order valence-electron chi connectivity index (χ2n) is 5.78. The van der Waals surface area contributed by atoms with Crippen molar-refractivity contribution in [3.8, 4) is 5.69 Å². The van der Waals surface area contributed by atoms with Crippen molar-refractivity contribution in [1.29, 1.82) is 0 Å². The van der Waals surface area contributed by atoms with Crippen LogP contribution in [-0.2, 0) is 0 Å². The molecule has 0 aliphatic heterocycles. The number of carbonyl (C=O) groups excluding carboxylic acids is 1. The molecule has 0 bridgehead atoms. The highest BCUT2D eigenvalue weighted by Crippen LogP contribution is 2.21. The molecule has 24 heavy (non-hydrogen) atoms. The van der Waals surface area contributed by atoms with E-state index in [2.05, 4.69) is 15.6 Å². The molecule has 6 heteroatoms. The number of amides is 1. The van der Waals surface area contributed by atoms with Crippen molar-refractivity contribution in [1.82, 2.24) is 15.0 Å². The largest absolute Gasteiger partial charge is 0.382 e. The predicted octanol–water partition coefficient (Wildman–Crippen LogP) is 3.03. The Kier molecular flexibility index (Phi) is 4.04. The fraction of sp³-hybridized carbons (Fsp3) is 0.167. The number of hydrogen-bond donors (Lipinski definition) is 2. The van der Waals surface area contributed by atoms with E-state index in [4.69, 9.17) is 5.73 Å². The number of aryl methyl sites for hydroxylation is 2. The zero-order valence-corrected chi connectivity index (χ0v) is 13.9. The van der Waals surface area contributed by atoms with E-state index in [1.54, 1.807) is 0 Å². The summed E-state index contributed by atoms with van der Waals surface area (Å²) in [4.78, 5) is 12.5. The summed E-state index contributed by atoms with van der Waals surface area (Å²) in [6.07, 6.45) is 0. The maximum Gasteiger partial charge on any atom is 0.280 e. The third-order valence-corrected chi connectivity index (χ3v) is 4.02. The normalized spacial score (nSPS) is 10.6. The molecule has 0 radical (unpaired) electrons. The molecule has 2 aromatic carbocycles. The van der Waals surface area contributed by atoms with Crippen LogP contribution >= 0.6 is 0 Å².